The molecule has 0 saturated heterocycles. The third kappa shape index (κ3) is 2.82. The number of hydrogen-bond acceptors (Lipinski definition) is 3. The molecule has 0 aliphatic rings. The summed E-state index contributed by atoms with van der Waals surface area (Å²) in [7, 11) is -1.06. The Bertz CT molecular complexity index is 575. The second kappa shape index (κ2) is 5.67. The Morgan fingerprint density at radius 3 is 2.61 bits per heavy atom. The van der Waals surface area contributed by atoms with Crippen molar-refractivity contribution in [1.82, 2.24) is 0 Å². The second-order valence-electron chi connectivity index (χ2n) is 4.20. The van der Waals surface area contributed by atoms with E-state index in [1.165, 1.54) is 4.88 Å². The van der Waals surface area contributed by atoms with Crippen LogP contribution in [0.3, 0.4) is 0 Å². The molecule has 0 aliphatic heterocycles. The zero-order valence-electron chi connectivity index (χ0n) is 10.6. The fourth-order valence-electron chi connectivity index (χ4n) is 1.75. The topological polar surface area (TPSA) is 43.1 Å². The average Bonchev–Trinajstić information content (AvgIpc) is 2.80. The monoisotopic (exact) mass is 279 g/mol. The van der Waals surface area contributed by atoms with E-state index in [1.807, 2.05) is 25.1 Å². The molecule has 2 N–H and O–H groups in total. The number of hydrogen-bond donors (Lipinski definition) is 1. The smallest absolute Gasteiger partial charge is 0.0627 e. The van der Waals surface area contributed by atoms with Gasteiger partial charge in [-0.05, 0) is 37.1 Å². The van der Waals surface area contributed by atoms with Gasteiger partial charge in [0, 0.05) is 9.75 Å². The van der Waals surface area contributed by atoms with E-state index in [1.54, 1.807) is 11.3 Å². The summed E-state index contributed by atoms with van der Waals surface area (Å²) in [5.41, 5.74) is 7.62. The van der Waals surface area contributed by atoms with Gasteiger partial charge in [0.15, 0.2) is 0 Å². The molecule has 2 rings (SSSR count). The minimum atomic E-state index is -1.06. The van der Waals surface area contributed by atoms with E-state index in [0.717, 1.165) is 21.8 Å². The van der Waals surface area contributed by atoms with Crippen LogP contribution in [-0.4, -0.2) is 4.21 Å². The first-order valence-corrected chi connectivity index (χ1v) is 8.06. The number of rotatable bonds is 4. The molecule has 96 valence electrons. The molecular weight excluding hydrogens is 262 g/mol. The van der Waals surface area contributed by atoms with Crippen molar-refractivity contribution < 1.29 is 4.21 Å². The first-order valence-electron chi connectivity index (χ1n) is 5.93. The van der Waals surface area contributed by atoms with Crippen molar-refractivity contribution in [3.8, 4) is 0 Å². The van der Waals surface area contributed by atoms with E-state index in [0.29, 0.717) is 11.4 Å². The highest BCUT2D eigenvalue weighted by molar-refractivity contribution is 7.84. The largest absolute Gasteiger partial charge is 0.398 e. The van der Waals surface area contributed by atoms with Gasteiger partial charge in [0.1, 0.15) is 0 Å². The highest BCUT2D eigenvalue weighted by Crippen LogP contribution is 2.25. The molecule has 0 fully saturated rings. The molecule has 0 aliphatic carbocycles. The lowest BCUT2D eigenvalue weighted by molar-refractivity contribution is 0.683. The normalized spacial score (nSPS) is 12.6. The predicted octanol–water partition coefficient (Wildman–Crippen LogP) is 3.51. The molecule has 1 atom stereocenters. The molecule has 0 saturated carbocycles. The zero-order valence-corrected chi connectivity index (χ0v) is 12.2. The summed E-state index contributed by atoms with van der Waals surface area (Å²) in [6.07, 6.45) is 1.03. The molecule has 4 heteroatoms. The maximum Gasteiger partial charge on any atom is 0.0627 e. The van der Waals surface area contributed by atoms with Crippen molar-refractivity contribution in [3.63, 3.8) is 0 Å². The summed E-state index contributed by atoms with van der Waals surface area (Å²) in [5, 5.41) is 0. The molecule has 18 heavy (non-hydrogen) atoms. The van der Waals surface area contributed by atoms with E-state index in [9.17, 15) is 4.21 Å². The van der Waals surface area contributed by atoms with Gasteiger partial charge >= 0.3 is 0 Å². The summed E-state index contributed by atoms with van der Waals surface area (Å²) in [6.45, 7) is 4.07. The van der Waals surface area contributed by atoms with Gasteiger partial charge in [0.2, 0.25) is 0 Å². The number of thiophene rings is 1. The van der Waals surface area contributed by atoms with E-state index >= 15 is 0 Å². The van der Waals surface area contributed by atoms with Crippen LogP contribution in [0.1, 0.15) is 22.2 Å². The number of benzene rings is 1. The standard InChI is InChI=1S/C14H17NOS2/c1-3-11-7-8-12(17-11)9-18(16)13-6-4-5-10(2)14(13)15/h4-8H,3,9,15H2,1-2H3. The third-order valence-corrected chi connectivity index (χ3v) is 5.70. The minimum absolute atomic E-state index is 0.554. The average molecular weight is 279 g/mol. The maximum atomic E-state index is 12.3. The first kappa shape index (κ1) is 13.3. The Morgan fingerprint density at radius 1 is 1.22 bits per heavy atom. The molecule has 0 spiro atoms. The second-order valence-corrected chi connectivity index (χ2v) is 6.87. The molecule has 2 aromatic rings. The molecule has 0 radical (unpaired) electrons. The van der Waals surface area contributed by atoms with Crippen LogP contribution in [0.5, 0.6) is 0 Å². The lowest BCUT2D eigenvalue weighted by Gasteiger charge is -2.07. The van der Waals surface area contributed by atoms with Gasteiger partial charge < -0.3 is 5.73 Å². The summed E-state index contributed by atoms with van der Waals surface area (Å²) in [6, 6.07) is 9.87. The van der Waals surface area contributed by atoms with E-state index in [2.05, 4.69) is 19.1 Å². The van der Waals surface area contributed by atoms with Crippen LogP contribution in [0.4, 0.5) is 5.69 Å². The summed E-state index contributed by atoms with van der Waals surface area (Å²) in [5.74, 6) is 0.554. The zero-order chi connectivity index (χ0) is 13.1. The number of nitrogens with two attached hydrogens (primary N) is 1. The van der Waals surface area contributed by atoms with Crippen LogP contribution >= 0.6 is 11.3 Å². The van der Waals surface area contributed by atoms with Gasteiger partial charge in [0.05, 0.1) is 27.1 Å². The lowest BCUT2D eigenvalue weighted by atomic mass is 10.2. The van der Waals surface area contributed by atoms with E-state index in [4.69, 9.17) is 5.73 Å². The number of anilines is 1. The molecular formula is C14H17NOS2. The van der Waals surface area contributed by atoms with Crippen molar-refractivity contribution in [1.29, 1.82) is 0 Å². The quantitative estimate of drug-likeness (QED) is 0.870. The van der Waals surface area contributed by atoms with E-state index in [-0.39, 0.29) is 0 Å². The Hall–Kier alpha value is -1.13. The predicted molar refractivity (Wildman–Crippen MR) is 79.4 cm³/mol. The Morgan fingerprint density at radius 2 is 1.94 bits per heavy atom. The molecule has 0 bridgehead atoms. The van der Waals surface area contributed by atoms with Gasteiger partial charge in [-0.25, -0.2) is 0 Å². The molecule has 1 aromatic carbocycles. The molecule has 0 amide bonds. The molecule has 1 heterocycles. The van der Waals surface area contributed by atoms with Crippen LogP contribution < -0.4 is 5.73 Å². The van der Waals surface area contributed by atoms with Crippen LogP contribution in [0, 0.1) is 6.92 Å². The number of aryl methyl sites for hydroxylation is 2. The van der Waals surface area contributed by atoms with E-state index < -0.39 is 10.8 Å². The lowest BCUT2D eigenvalue weighted by Crippen LogP contribution is -2.01. The van der Waals surface area contributed by atoms with Crippen LogP contribution in [0.15, 0.2) is 35.2 Å². The molecule has 1 aromatic heterocycles. The van der Waals surface area contributed by atoms with Crippen molar-refractivity contribution in [2.24, 2.45) is 0 Å². The van der Waals surface area contributed by atoms with Gasteiger partial charge in [-0.15, -0.1) is 11.3 Å². The van der Waals surface area contributed by atoms with Crippen molar-refractivity contribution in [2.45, 2.75) is 30.9 Å². The fourth-order valence-corrected chi connectivity index (χ4v) is 4.21. The van der Waals surface area contributed by atoms with Crippen molar-refractivity contribution >= 4 is 27.8 Å². The van der Waals surface area contributed by atoms with Gasteiger partial charge in [0.25, 0.3) is 0 Å². The van der Waals surface area contributed by atoms with Crippen LogP contribution in [0.2, 0.25) is 0 Å². The van der Waals surface area contributed by atoms with Gasteiger partial charge in [-0.3, -0.25) is 4.21 Å². The number of para-hydroxylation sites is 1. The van der Waals surface area contributed by atoms with Crippen LogP contribution in [0.25, 0.3) is 0 Å². The fraction of sp³-hybridized carbons (Fsp3) is 0.286. The summed E-state index contributed by atoms with van der Waals surface area (Å²) < 4.78 is 12.3. The summed E-state index contributed by atoms with van der Waals surface area (Å²) in [4.78, 5) is 3.24. The SMILES string of the molecule is CCc1ccc(CS(=O)c2cccc(C)c2N)s1. The van der Waals surface area contributed by atoms with Gasteiger partial charge in [-0.1, -0.05) is 19.1 Å². The highest BCUT2D eigenvalue weighted by Gasteiger charge is 2.11. The van der Waals surface area contributed by atoms with Gasteiger partial charge in [-0.2, -0.15) is 0 Å². The summed E-state index contributed by atoms with van der Waals surface area (Å²) >= 11 is 1.73. The Labute approximate surface area is 114 Å². The van der Waals surface area contributed by atoms with Crippen molar-refractivity contribution in [2.75, 3.05) is 5.73 Å². The third-order valence-electron chi connectivity index (χ3n) is 2.87. The van der Waals surface area contributed by atoms with Crippen molar-refractivity contribution in [3.05, 3.63) is 45.6 Å². The first-order chi connectivity index (χ1) is 8.61. The number of nitrogen functional groups attached to an aromatic ring is 1. The Kier molecular flexibility index (Phi) is 4.19. The maximum absolute atomic E-state index is 12.3. The molecule has 2 nitrogen and oxygen atoms in total. The highest BCUT2D eigenvalue weighted by atomic mass is 32.2. The minimum Gasteiger partial charge on any atom is -0.398 e. The molecule has 1 unspecified atom stereocenters. The Balaban J connectivity index is 2.19. The van der Waals surface area contributed by atoms with Crippen LogP contribution in [-0.2, 0) is 23.0 Å².